The van der Waals surface area contributed by atoms with Crippen molar-refractivity contribution < 1.29 is 18.3 Å². The second-order valence-electron chi connectivity index (χ2n) is 5.32. The maximum Gasteiger partial charge on any atom is 0.416 e. The number of nitrogens with zero attached hydrogens (tertiary/aromatic N) is 4. The summed E-state index contributed by atoms with van der Waals surface area (Å²) in [4.78, 5) is 13.7. The average molecular weight is 360 g/mol. The largest absolute Gasteiger partial charge is 0.416 e. The number of β-amino-alcohol motifs (C(OH)–C–C–N with tert-alkyl or cyclic N) is 1. The van der Waals surface area contributed by atoms with Gasteiger partial charge in [-0.15, -0.1) is 0 Å². The highest BCUT2D eigenvalue weighted by atomic mass is 35.5. The number of halogens is 4. The third-order valence-electron chi connectivity index (χ3n) is 3.49. The van der Waals surface area contributed by atoms with Gasteiger partial charge in [0, 0.05) is 18.8 Å². The average Bonchev–Trinajstić information content (AvgIpc) is 2.93. The Morgan fingerprint density at radius 1 is 1.25 bits per heavy atom. The summed E-state index contributed by atoms with van der Waals surface area (Å²) >= 11 is 5.86. The Hall–Kier alpha value is -2.13. The van der Waals surface area contributed by atoms with Crippen LogP contribution in [0, 0.1) is 0 Å². The molecule has 0 bridgehead atoms. The molecule has 1 aromatic heterocycles. The van der Waals surface area contributed by atoms with E-state index in [0.29, 0.717) is 19.5 Å². The molecule has 0 saturated carbocycles. The van der Waals surface area contributed by atoms with Gasteiger partial charge in [-0.3, -0.25) is 0 Å². The van der Waals surface area contributed by atoms with Crippen LogP contribution in [-0.2, 0) is 6.18 Å². The molecule has 1 fully saturated rings. The monoisotopic (exact) mass is 359 g/mol. The van der Waals surface area contributed by atoms with Crippen molar-refractivity contribution in [3.63, 3.8) is 0 Å². The van der Waals surface area contributed by atoms with Gasteiger partial charge in [-0.25, -0.2) is 0 Å². The second-order valence-corrected chi connectivity index (χ2v) is 5.66. The summed E-state index contributed by atoms with van der Waals surface area (Å²) in [5, 5.41) is 12.2. The highest BCUT2D eigenvalue weighted by molar-refractivity contribution is 6.28. The van der Waals surface area contributed by atoms with Gasteiger partial charge in [-0.1, -0.05) is 6.07 Å². The molecule has 0 amide bonds. The van der Waals surface area contributed by atoms with E-state index >= 15 is 0 Å². The highest BCUT2D eigenvalue weighted by Crippen LogP contribution is 2.31. The number of nitrogens with one attached hydrogen (secondary N) is 1. The SMILES string of the molecule is OC1CCN(c2nc(Cl)nc(Nc3cccc(C(F)(F)F)c3)n2)C1. The number of benzene rings is 1. The first kappa shape index (κ1) is 16.7. The molecule has 2 aromatic rings. The van der Waals surface area contributed by atoms with Crippen molar-refractivity contribution in [2.24, 2.45) is 0 Å². The molecule has 3 rings (SSSR count). The van der Waals surface area contributed by atoms with Crippen molar-refractivity contribution in [2.75, 3.05) is 23.3 Å². The number of hydrogen-bond donors (Lipinski definition) is 2. The molecule has 0 radical (unpaired) electrons. The summed E-state index contributed by atoms with van der Waals surface area (Å²) in [6, 6.07) is 4.68. The standard InChI is InChI=1S/C14H13ClF3N5O/c15-11-20-12(22-13(21-11)23-5-4-10(24)7-23)19-9-3-1-2-8(6-9)14(16,17)18/h1-3,6,10,24H,4-5,7H2,(H,19,20,21,22). The van der Waals surface area contributed by atoms with E-state index in [4.69, 9.17) is 11.6 Å². The lowest BCUT2D eigenvalue weighted by Gasteiger charge is -2.16. The first-order valence-electron chi connectivity index (χ1n) is 7.10. The van der Waals surface area contributed by atoms with Crippen LogP contribution >= 0.6 is 11.6 Å². The molecule has 24 heavy (non-hydrogen) atoms. The van der Waals surface area contributed by atoms with Crippen LogP contribution in [-0.4, -0.2) is 39.3 Å². The molecule has 1 aliphatic rings. The molecule has 1 aliphatic heterocycles. The number of hydrogen-bond acceptors (Lipinski definition) is 6. The molecule has 1 aromatic carbocycles. The highest BCUT2D eigenvalue weighted by Gasteiger charge is 2.30. The molecule has 1 atom stereocenters. The van der Waals surface area contributed by atoms with Crippen molar-refractivity contribution in [3.05, 3.63) is 35.1 Å². The van der Waals surface area contributed by atoms with Crippen LogP contribution in [0.25, 0.3) is 0 Å². The Balaban J connectivity index is 1.84. The number of alkyl halides is 3. The van der Waals surface area contributed by atoms with Crippen molar-refractivity contribution in [1.29, 1.82) is 0 Å². The van der Waals surface area contributed by atoms with E-state index < -0.39 is 17.8 Å². The molecule has 128 valence electrons. The minimum atomic E-state index is -4.44. The molecule has 10 heteroatoms. The van der Waals surface area contributed by atoms with Gasteiger partial charge in [0.05, 0.1) is 11.7 Å². The second kappa shape index (κ2) is 6.40. The van der Waals surface area contributed by atoms with E-state index in [1.54, 1.807) is 4.90 Å². The minimum absolute atomic E-state index is 0.0331. The molecular formula is C14H13ClF3N5O. The Morgan fingerprint density at radius 3 is 2.71 bits per heavy atom. The normalized spacial score (nSPS) is 18.0. The number of aliphatic hydroxyl groups is 1. The first-order chi connectivity index (χ1) is 11.3. The van der Waals surface area contributed by atoms with Crippen molar-refractivity contribution in [1.82, 2.24) is 15.0 Å². The summed E-state index contributed by atoms with van der Waals surface area (Å²) in [5.74, 6) is 0.298. The van der Waals surface area contributed by atoms with Crippen molar-refractivity contribution in [3.8, 4) is 0 Å². The van der Waals surface area contributed by atoms with Crippen LogP contribution in [0.2, 0.25) is 5.28 Å². The topological polar surface area (TPSA) is 74.2 Å². The first-order valence-corrected chi connectivity index (χ1v) is 7.48. The number of rotatable bonds is 3. The number of anilines is 3. The summed E-state index contributed by atoms with van der Waals surface area (Å²) in [5.41, 5.74) is -0.602. The zero-order chi connectivity index (χ0) is 17.3. The van der Waals surface area contributed by atoms with Crippen molar-refractivity contribution >= 4 is 29.2 Å². The summed E-state index contributed by atoms with van der Waals surface area (Å²) < 4.78 is 38.3. The quantitative estimate of drug-likeness (QED) is 0.878. The van der Waals surface area contributed by atoms with Gasteiger partial charge in [0.15, 0.2) is 0 Å². The van der Waals surface area contributed by atoms with Crippen LogP contribution in [0.3, 0.4) is 0 Å². The van der Waals surface area contributed by atoms with E-state index in [1.165, 1.54) is 12.1 Å². The molecule has 0 aliphatic carbocycles. The molecule has 1 saturated heterocycles. The van der Waals surface area contributed by atoms with Crippen LogP contribution < -0.4 is 10.2 Å². The molecule has 2 heterocycles. The third-order valence-corrected chi connectivity index (χ3v) is 3.66. The maximum atomic E-state index is 12.8. The van der Waals surface area contributed by atoms with Crippen LogP contribution in [0.5, 0.6) is 0 Å². The molecular weight excluding hydrogens is 347 g/mol. The lowest BCUT2D eigenvalue weighted by molar-refractivity contribution is -0.137. The van der Waals surface area contributed by atoms with Gasteiger partial charge in [-0.2, -0.15) is 28.1 Å². The molecule has 6 nitrogen and oxygen atoms in total. The lowest BCUT2D eigenvalue weighted by Crippen LogP contribution is -2.24. The van der Waals surface area contributed by atoms with E-state index in [0.717, 1.165) is 12.1 Å². The zero-order valence-corrected chi connectivity index (χ0v) is 13.0. The van der Waals surface area contributed by atoms with Crippen molar-refractivity contribution in [2.45, 2.75) is 18.7 Å². The number of aliphatic hydroxyl groups excluding tert-OH is 1. The number of aromatic nitrogens is 3. The lowest BCUT2D eigenvalue weighted by atomic mass is 10.2. The predicted octanol–water partition coefficient (Wildman–Crippen LogP) is 2.86. The fourth-order valence-corrected chi connectivity index (χ4v) is 2.52. The van der Waals surface area contributed by atoms with Gasteiger partial charge < -0.3 is 15.3 Å². The minimum Gasteiger partial charge on any atom is -0.391 e. The van der Waals surface area contributed by atoms with Crippen LogP contribution in [0.1, 0.15) is 12.0 Å². The Labute approximate surface area is 140 Å². The van der Waals surface area contributed by atoms with E-state index in [2.05, 4.69) is 20.3 Å². The zero-order valence-electron chi connectivity index (χ0n) is 12.3. The fraction of sp³-hybridized carbons (Fsp3) is 0.357. The van der Waals surface area contributed by atoms with E-state index in [-0.39, 0.29) is 22.9 Å². The van der Waals surface area contributed by atoms with Gasteiger partial charge >= 0.3 is 6.18 Å². The summed E-state index contributed by atoms with van der Waals surface area (Å²) in [6.45, 7) is 0.924. The fourth-order valence-electron chi connectivity index (χ4n) is 2.36. The van der Waals surface area contributed by atoms with Crippen LogP contribution in [0.4, 0.5) is 30.8 Å². The Morgan fingerprint density at radius 2 is 2.04 bits per heavy atom. The van der Waals surface area contributed by atoms with E-state index in [1.807, 2.05) is 0 Å². The van der Waals surface area contributed by atoms with Gasteiger partial charge in [0.25, 0.3) is 0 Å². The predicted molar refractivity (Wildman–Crippen MR) is 82.4 cm³/mol. The maximum absolute atomic E-state index is 12.8. The summed E-state index contributed by atoms with van der Waals surface area (Å²) in [7, 11) is 0. The summed E-state index contributed by atoms with van der Waals surface area (Å²) in [6.07, 6.45) is -4.33. The van der Waals surface area contributed by atoms with Crippen LogP contribution in [0.15, 0.2) is 24.3 Å². The smallest absolute Gasteiger partial charge is 0.391 e. The Kier molecular flexibility index (Phi) is 4.46. The van der Waals surface area contributed by atoms with E-state index in [9.17, 15) is 18.3 Å². The van der Waals surface area contributed by atoms with Gasteiger partial charge in [-0.05, 0) is 36.2 Å². The van der Waals surface area contributed by atoms with Gasteiger partial charge in [0.1, 0.15) is 0 Å². The molecule has 1 unspecified atom stereocenters. The Bertz CT molecular complexity index is 743. The molecule has 0 spiro atoms. The third kappa shape index (κ3) is 3.85. The molecule has 2 N–H and O–H groups in total. The van der Waals surface area contributed by atoms with Gasteiger partial charge in [0.2, 0.25) is 17.2 Å².